The molecule has 0 bridgehead atoms. The normalized spacial score (nSPS) is 9.88. The third-order valence-electron chi connectivity index (χ3n) is 2.68. The van der Waals surface area contributed by atoms with Crippen molar-refractivity contribution in [2.75, 3.05) is 5.32 Å². The van der Waals surface area contributed by atoms with E-state index >= 15 is 0 Å². The number of aromatic carboxylic acids is 1. The van der Waals surface area contributed by atoms with E-state index in [2.05, 4.69) is 25.5 Å². The number of nitrogens with zero attached hydrogens (tertiary/aromatic N) is 3. The minimum atomic E-state index is -1.26. The summed E-state index contributed by atoms with van der Waals surface area (Å²) in [6, 6.07) is 2.37. The predicted molar refractivity (Wildman–Crippen MR) is 82.4 cm³/mol. The van der Waals surface area contributed by atoms with Crippen LogP contribution in [0.5, 0.6) is 0 Å². The van der Waals surface area contributed by atoms with Gasteiger partial charge in [0.1, 0.15) is 5.69 Å². The number of benzene rings is 1. The van der Waals surface area contributed by atoms with Crippen molar-refractivity contribution in [1.29, 1.82) is 0 Å². The molecule has 3 aromatic rings. The third-order valence-corrected chi connectivity index (χ3v) is 2.99. The Hall–Kier alpha value is -3.27. The summed E-state index contributed by atoms with van der Waals surface area (Å²) in [6.45, 7) is 0. The Labute approximate surface area is 143 Å². The highest BCUT2D eigenvalue weighted by Crippen LogP contribution is 2.21. The van der Waals surface area contributed by atoms with Crippen molar-refractivity contribution >= 4 is 29.3 Å². The van der Waals surface area contributed by atoms with Gasteiger partial charge in [0, 0.05) is 6.07 Å². The van der Waals surface area contributed by atoms with Gasteiger partial charge in [-0.15, -0.1) is 0 Å². The maximum absolute atomic E-state index is 13.1. The molecule has 3 N–H and O–H groups in total. The van der Waals surface area contributed by atoms with E-state index in [9.17, 15) is 18.4 Å². The Balaban J connectivity index is 0.000000386. The molecule has 0 aliphatic heterocycles. The van der Waals surface area contributed by atoms with Crippen LogP contribution >= 0.6 is 11.6 Å². The van der Waals surface area contributed by atoms with Crippen molar-refractivity contribution in [2.45, 2.75) is 0 Å². The molecule has 2 aromatic heterocycles. The van der Waals surface area contributed by atoms with Crippen LogP contribution in [-0.4, -0.2) is 32.2 Å². The van der Waals surface area contributed by atoms with Crippen LogP contribution in [0.25, 0.3) is 0 Å². The molecule has 0 spiro atoms. The first kappa shape index (κ1) is 18.1. The molecule has 2 heterocycles. The first-order chi connectivity index (χ1) is 11.9. The molecule has 1 aromatic carbocycles. The number of hydrogen-bond donors (Lipinski definition) is 3. The summed E-state index contributed by atoms with van der Waals surface area (Å²) in [7, 11) is 0. The smallest absolute Gasteiger partial charge is 0.353 e. The minimum Gasteiger partial charge on any atom is -0.477 e. The van der Waals surface area contributed by atoms with E-state index in [1.807, 2.05) is 0 Å². The van der Waals surface area contributed by atoms with Gasteiger partial charge < -0.3 is 20.4 Å². The molecule has 0 radical (unpaired) electrons. The summed E-state index contributed by atoms with van der Waals surface area (Å²) in [6.07, 6.45) is 4.78. The number of H-pyrrole nitrogens is 1. The summed E-state index contributed by atoms with van der Waals surface area (Å²) < 4.78 is 25.9. The molecule has 0 aliphatic rings. The van der Waals surface area contributed by atoms with Gasteiger partial charge in [0.15, 0.2) is 17.5 Å². The van der Waals surface area contributed by atoms with E-state index in [0.717, 1.165) is 6.07 Å². The fourth-order valence-corrected chi connectivity index (χ4v) is 1.80. The molecule has 0 aliphatic carbocycles. The zero-order chi connectivity index (χ0) is 18.4. The van der Waals surface area contributed by atoms with Crippen LogP contribution < -0.4 is 10.3 Å². The maximum Gasteiger partial charge on any atom is 0.353 e. The van der Waals surface area contributed by atoms with Crippen LogP contribution in [0.1, 0.15) is 20.8 Å². The Morgan fingerprint density at radius 2 is 1.96 bits per heavy atom. The number of nitrogens with one attached hydrogen (secondary N) is 2. The van der Waals surface area contributed by atoms with Crippen molar-refractivity contribution in [1.82, 2.24) is 20.2 Å². The molecule has 3 rings (SSSR count). The summed E-state index contributed by atoms with van der Waals surface area (Å²) >= 11 is 5.63. The lowest BCUT2D eigenvalue weighted by Gasteiger charge is -2.04. The minimum absolute atomic E-state index is 0.0896. The Morgan fingerprint density at radius 1 is 1.24 bits per heavy atom. The Kier molecular flexibility index (Phi) is 5.79. The molecule has 1 amide bonds. The van der Waals surface area contributed by atoms with Gasteiger partial charge in [0.25, 0.3) is 5.91 Å². The van der Waals surface area contributed by atoms with E-state index in [-0.39, 0.29) is 22.1 Å². The number of hydrogen-bond acceptors (Lipinski definition) is 4. The molecule has 25 heavy (non-hydrogen) atoms. The summed E-state index contributed by atoms with van der Waals surface area (Å²) in [5.74, 6) is -4.61. The summed E-state index contributed by atoms with van der Waals surface area (Å²) in [4.78, 5) is 29.6. The second-order valence-electron chi connectivity index (χ2n) is 4.38. The van der Waals surface area contributed by atoms with Gasteiger partial charge in [-0.3, -0.25) is 9.89 Å². The molecule has 11 heteroatoms. The van der Waals surface area contributed by atoms with Gasteiger partial charge in [-0.05, 0) is 12.1 Å². The average molecular weight is 369 g/mol. The number of carboxylic acids is 1. The summed E-state index contributed by atoms with van der Waals surface area (Å²) in [5, 5.41) is 16.3. The number of aromatic amines is 1. The first-order valence-electron chi connectivity index (χ1n) is 6.49. The maximum atomic E-state index is 13.1. The van der Waals surface area contributed by atoms with E-state index in [1.54, 1.807) is 12.4 Å². The SMILES string of the molecule is O=C(O)c1cc(NC(=O)c2cc(F)c(F)cc2Cl)n[nH]1.c1c[n-]cn1. The van der Waals surface area contributed by atoms with Crippen LogP contribution in [0.15, 0.2) is 36.9 Å². The number of carbonyl (C=O) groups excluding carboxylic acids is 1. The van der Waals surface area contributed by atoms with E-state index in [4.69, 9.17) is 16.7 Å². The van der Waals surface area contributed by atoms with Crippen LogP contribution in [0.2, 0.25) is 5.02 Å². The molecular weight excluding hydrogens is 360 g/mol. The lowest BCUT2D eigenvalue weighted by Crippen LogP contribution is -2.13. The van der Waals surface area contributed by atoms with Gasteiger partial charge in [-0.25, -0.2) is 13.6 Å². The van der Waals surface area contributed by atoms with Gasteiger partial charge in [0.05, 0.1) is 10.6 Å². The number of rotatable bonds is 3. The number of imidazole rings is 1. The molecule has 0 saturated carbocycles. The first-order valence-corrected chi connectivity index (χ1v) is 6.87. The average Bonchev–Trinajstić information content (AvgIpc) is 3.25. The van der Waals surface area contributed by atoms with Crippen molar-refractivity contribution in [3.05, 3.63) is 64.8 Å². The predicted octanol–water partition coefficient (Wildman–Crippen LogP) is 2.33. The largest absolute Gasteiger partial charge is 0.477 e. The monoisotopic (exact) mass is 368 g/mol. The molecule has 0 atom stereocenters. The van der Waals surface area contributed by atoms with Gasteiger partial charge in [-0.1, -0.05) is 30.3 Å². The fraction of sp³-hybridized carbons (Fsp3) is 0. The third kappa shape index (κ3) is 4.85. The molecule has 0 unspecified atom stereocenters. The lowest BCUT2D eigenvalue weighted by molar-refractivity contribution is 0.0690. The lowest BCUT2D eigenvalue weighted by atomic mass is 10.2. The summed E-state index contributed by atoms with van der Waals surface area (Å²) in [5.41, 5.74) is -0.540. The van der Waals surface area contributed by atoms with Crippen LogP contribution in [-0.2, 0) is 0 Å². The highest BCUT2D eigenvalue weighted by atomic mass is 35.5. The highest BCUT2D eigenvalue weighted by Gasteiger charge is 2.17. The van der Waals surface area contributed by atoms with E-state index in [1.165, 1.54) is 6.33 Å². The van der Waals surface area contributed by atoms with Crippen molar-refractivity contribution in [3.8, 4) is 0 Å². The molecule has 0 saturated heterocycles. The second-order valence-corrected chi connectivity index (χ2v) is 4.79. The van der Waals surface area contributed by atoms with Gasteiger partial charge in [-0.2, -0.15) is 5.10 Å². The quantitative estimate of drug-likeness (QED) is 0.610. The second kappa shape index (κ2) is 8.02. The zero-order valence-corrected chi connectivity index (χ0v) is 13.0. The van der Waals surface area contributed by atoms with Crippen LogP contribution in [0, 0.1) is 11.6 Å². The molecular formula is C14H9ClF2N5O3-. The molecule has 8 nitrogen and oxygen atoms in total. The van der Waals surface area contributed by atoms with Gasteiger partial charge >= 0.3 is 5.97 Å². The van der Waals surface area contributed by atoms with Crippen LogP contribution in [0.4, 0.5) is 14.6 Å². The number of carbonyl (C=O) groups is 2. The number of aromatic nitrogens is 4. The number of halogens is 3. The number of anilines is 1. The zero-order valence-electron chi connectivity index (χ0n) is 12.2. The number of carboxylic acid groups (broad SMARTS) is 1. The number of amides is 1. The van der Waals surface area contributed by atoms with Crippen molar-refractivity contribution in [2.24, 2.45) is 0 Å². The van der Waals surface area contributed by atoms with Gasteiger partial charge in [0.2, 0.25) is 0 Å². The Morgan fingerprint density at radius 3 is 2.48 bits per heavy atom. The molecule has 0 fully saturated rings. The topological polar surface area (TPSA) is 122 Å². The van der Waals surface area contributed by atoms with E-state index in [0.29, 0.717) is 12.1 Å². The van der Waals surface area contributed by atoms with Crippen molar-refractivity contribution in [3.63, 3.8) is 0 Å². The van der Waals surface area contributed by atoms with Crippen molar-refractivity contribution < 1.29 is 23.5 Å². The fourth-order valence-electron chi connectivity index (χ4n) is 1.57. The standard InChI is InChI=1S/C11H6ClF2N3O3.C3H3N2/c12-5-2-7(14)6(13)1-4(5)10(18)15-9-3-8(11(19)20)16-17-9;1-2-5-3-4-1/h1-3H,(H,19,20)(H2,15,16,17,18);1-3H/q;-1. The highest BCUT2D eigenvalue weighted by molar-refractivity contribution is 6.34. The molecule has 130 valence electrons. The Bertz CT molecular complexity index is 866. The van der Waals surface area contributed by atoms with Crippen LogP contribution in [0.3, 0.4) is 0 Å². The van der Waals surface area contributed by atoms with E-state index < -0.39 is 23.5 Å².